The minimum Gasteiger partial charge on any atom is -0.508 e. The van der Waals surface area contributed by atoms with Gasteiger partial charge in [-0.1, -0.05) is 18.2 Å². The molecule has 0 aliphatic rings. The third-order valence-electron chi connectivity index (χ3n) is 2.65. The Kier molecular flexibility index (Phi) is 5.91. The Morgan fingerprint density at radius 1 is 1.28 bits per heavy atom. The Balaban J connectivity index is 2.64. The zero-order valence-corrected chi connectivity index (χ0v) is 11.9. The first-order valence-electron chi connectivity index (χ1n) is 5.74. The molecule has 0 spiro atoms. The maximum atomic E-state index is 11.9. The molecule has 0 atom stereocenters. The molecule has 0 unspecified atom stereocenters. The van der Waals surface area contributed by atoms with Crippen molar-refractivity contribution >= 4 is 21.6 Å². The van der Waals surface area contributed by atoms with Gasteiger partial charge in [0.25, 0.3) is 0 Å². The highest BCUT2D eigenvalue weighted by molar-refractivity contribution is 7.89. The van der Waals surface area contributed by atoms with Crippen molar-refractivity contribution < 1.29 is 13.5 Å². The van der Waals surface area contributed by atoms with Gasteiger partial charge in [-0.25, -0.2) is 12.7 Å². The number of para-hydroxylation sites is 1. The van der Waals surface area contributed by atoms with Crippen LogP contribution in [0.3, 0.4) is 0 Å². The molecule has 4 nitrogen and oxygen atoms in total. The van der Waals surface area contributed by atoms with Gasteiger partial charge in [0.15, 0.2) is 0 Å². The van der Waals surface area contributed by atoms with E-state index in [2.05, 4.69) is 0 Å². The van der Waals surface area contributed by atoms with E-state index >= 15 is 0 Å². The normalized spacial score (nSPS) is 11.9. The lowest BCUT2D eigenvalue weighted by molar-refractivity contribution is 0.435. The van der Waals surface area contributed by atoms with E-state index in [1.165, 1.54) is 11.4 Å². The Bertz CT molecular complexity index is 476. The minimum atomic E-state index is -3.28. The van der Waals surface area contributed by atoms with Crippen LogP contribution in [0.1, 0.15) is 18.4 Å². The highest BCUT2D eigenvalue weighted by Crippen LogP contribution is 2.18. The van der Waals surface area contributed by atoms with Crippen molar-refractivity contribution in [3.05, 3.63) is 29.8 Å². The summed E-state index contributed by atoms with van der Waals surface area (Å²) in [4.78, 5) is 0. The van der Waals surface area contributed by atoms with Crippen molar-refractivity contribution in [3.63, 3.8) is 0 Å². The smallest absolute Gasteiger partial charge is 0.214 e. The largest absolute Gasteiger partial charge is 0.508 e. The molecule has 18 heavy (non-hydrogen) atoms. The van der Waals surface area contributed by atoms with Crippen LogP contribution in [-0.2, 0) is 16.6 Å². The number of nitrogens with zero attached hydrogens (tertiary/aromatic N) is 1. The molecule has 1 aromatic rings. The summed E-state index contributed by atoms with van der Waals surface area (Å²) in [5.41, 5.74) is 0.598. The molecule has 0 heterocycles. The Morgan fingerprint density at radius 3 is 2.56 bits per heavy atom. The molecule has 0 bridgehead atoms. The first-order chi connectivity index (χ1) is 8.47. The van der Waals surface area contributed by atoms with Gasteiger partial charge in [-0.2, -0.15) is 0 Å². The van der Waals surface area contributed by atoms with Crippen LogP contribution in [0.2, 0.25) is 0 Å². The molecule has 1 aromatic carbocycles. The Labute approximate surface area is 113 Å². The fraction of sp³-hybridized carbons (Fsp3) is 0.500. The zero-order valence-electron chi connectivity index (χ0n) is 10.3. The summed E-state index contributed by atoms with van der Waals surface area (Å²) in [5, 5.41) is 9.60. The quantitative estimate of drug-likeness (QED) is 0.619. The molecule has 102 valence electrons. The van der Waals surface area contributed by atoms with Gasteiger partial charge in [-0.3, -0.25) is 0 Å². The van der Waals surface area contributed by atoms with Crippen molar-refractivity contribution in [2.24, 2.45) is 0 Å². The molecule has 1 N–H and O–H groups in total. The zero-order chi connectivity index (χ0) is 13.6. The van der Waals surface area contributed by atoms with Crippen molar-refractivity contribution in [3.8, 4) is 5.75 Å². The van der Waals surface area contributed by atoms with Gasteiger partial charge >= 0.3 is 0 Å². The lowest BCUT2D eigenvalue weighted by Crippen LogP contribution is -2.28. The van der Waals surface area contributed by atoms with Crippen molar-refractivity contribution in [2.45, 2.75) is 19.4 Å². The lowest BCUT2D eigenvalue weighted by Gasteiger charge is -2.17. The van der Waals surface area contributed by atoms with E-state index < -0.39 is 10.0 Å². The summed E-state index contributed by atoms with van der Waals surface area (Å²) < 4.78 is 25.1. The number of alkyl halides is 1. The average Bonchev–Trinajstić information content (AvgIpc) is 2.32. The predicted octanol–water partition coefficient (Wildman–Crippen LogP) is 2.17. The third-order valence-corrected chi connectivity index (χ3v) is 4.80. The van der Waals surface area contributed by atoms with E-state index in [9.17, 15) is 13.5 Å². The standard InChI is InChI=1S/C12H18ClNO3S/c1-14(18(16,17)9-5-4-8-13)10-11-6-2-3-7-12(11)15/h2-3,6-7,15H,4-5,8-10H2,1H3. The summed E-state index contributed by atoms with van der Waals surface area (Å²) in [5.74, 6) is 0.669. The number of aromatic hydroxyl groups is 1. The molecular weight excluding hydrogens is 274 g/mol. The number of hydrogen-bond donors (Lipinski definition) is 1. The van der Waals surface area contributed by atoms with Crippen LogP contribution in [0.15, 0.2) is 24.3 Å². The van der Waals surface area contributed by atoms with Crippen LogP contribution >= 0.6 is 11.6 Å². The molecule has 0 radical (unpaired) electrons. The molecule has 0 saturated heterocycles. The van der Waals surface area contributed by atoms with Gasteiger partial charge in [0.2, 0.25) is 10.0 Å². The molecule has 0 aliphatic carbocycles. The van der Waals surface area contributed by atoms with Gasteiger partial charge in [0.1, 0.15) is 5.75 Å². The molecule has 0 fully saturated rings. The third kappa shape index (κ3) is 4.48. The van der Waals surface area contributed by atoms with Crippen LogP contribution in [-0.4, -0.2) is 36.5 Å². The number of halogens is 1. The highest BCUT2D eigenvalue weighted by Gasteiger charge is 2.18. The summed E-state index contributed by atoms with van der Waals surface area (Å²) in [7, 11) is -1.77. The second-order valence-electron chi connectivity index (χ2n) is 4.10. The fourth-order valence-corrected chi connectivity index (χ4v) is 2.92. The van der Waals surface area contributed by atoms with E-state index in [0.29, 0.717) is 24.3 Å². The van der Waals surface area contributed by atoms with Gasteiger partial charge < -0.3 is 5.11 Å². The number of hydrogen-bond acceptors (Lipinski definition) is 3. The summed E-state index contributed by atoms with van der Waals surface area (Å²) in [6.45, 7) is 0.176. The number of sulfonamides is 1. The molecule has 0 amide bonds. The van der Waals surface area contributed by atoms with E-state index in [0.717, 1.165) is 0 Å². The van der Waals surface area contributed by atoms with Crippen molar-refractivity contribution in [1.29, 1.82) is 0 Å². The second kappa shape index (κ2) is 6.97. The second-order valence-corrected chi connectivity index (χ2v) is 6.67. The van der Waals surface area contributed by atoms with Crippen LogP contribution < -0.4 is 0 Å². The number of phenols is 1. The highest BCUT2D eigenvalue weighted by atomic mass is 35.5. The van der Waals surface area contributed by atoms with Crippen LogP contribution in [0.5, 0.6) is 5.75 Å². The molecule has 0 saturated carbocycles. The first kappa shape index (κ1) is 15.3. The monoisotopic (exact) mass is 291 g/mol. The van der Waals surface area contributed by atoms with Crippen molar-refractivity contribution in [2.75, 3.05) is 18.7 Å². The molecule has 1 rings (SSSR count). The molecule has 0 aromatic heterocycles. The topological polar surface area (TPSA) is 57.6 Å². The predicted molar refractivity (Wildman–Crippen MR) is 73.3 cm³/mol. The van der Waals surface area contributed by atoms with Crippen LogP contribution in [0.25, 0.3) is 0 Å². The maximum absolute atomic E-state index is 11.9. The van der Waals surface area contributed by atoms with E-state index in [1.807, 2.05) is 0 Å². The lowest BCUT2D eigenvalue weighted by atomic mass is 10.2. The number of rotatable bonds is 7. The summed E-state index contributed by atoms with van der Waals surface area (Å²) in [6, 6.07) is 6.72. The van der Waals surface area contributed by atoms with E-state index in [-0.39, 0.29) is 18.0 Å². The number of phenolic OH excluding ortho intramolecular Hbond substituents is 1. The number of unbranched alkanes of at least 4 members (excludes halogenated alkanes) is 1. The maximum Gasteiger partial charge on any atom is 0.214 e. The first-order valence-corrected chi connectivity index (χ1v) is 7.88. The van der Waals surface area contributed by atoms with Gasteiger partial charge in [-0.05, 0) is 18.9 Å². The van der Waals surface area contributed by atoms with Gasteiger partial charge in [0.05, 0.1) is 5.75 Å². The molecule has 6 heteroatoms. The Hall–Kier alpha value is -0.780. The molecular formula is C12H18ClNO3S. The fourth-order valence-electron chi connectivity index (χ4n) is 1.52. The number of benzene rings is 1. The van der Waals surface area contributed by atoms with Crippen LogP contribution in [0, 0.1) is 0 Å². The minimum absolute atomic E-state index is 0.0871. The van der Waals surface area contributed by atoms with E-state index in [4.69, 9.17) is 11.6 Å². The van der Waals surface area contributed by atoms with Gasteiger partial charge in [0, 0.05) is 25.0 Å². The summed E-state index contributed by atoms with van der Waals surface area (Å²) in [6.07, 6.45) is 1.24. The van der Waals surface area contributed by atoms with Gasteiger partial charge in [-0.15, -0.1) is 11.6 Å². The van der Waals surface area contributed by atoms with Crippen LogP contribution in [0.4, 0.5) is 0 Å². The Morgan fingerprint density at radius 2 is 1.94 bits per heavy atom. The summed E-state index contributed by atoms with van der Waals surface area (Å²) >= 11 is 5.52. The SMILES string of the molecule is CN(Cc1ccccc1O)S(=O)(=O)CCCCCl. The average molecular weight is 292 g/mol. The molecule has 0 aliphatic heterocycles. The van der Waals surface area contributed by atoms with Crippen molar-refractivity contribution in [1.82, 2.24) is 4.31 Å². The van der Waals surface area contributed by atoms with E-state index in [1.54, 1.807) is 24.3 Å².